The fourth-order valence-corrected chi connectivity index (χ4v) is 3.59. The molecule has 3 rings (SSSR count). The maximum Gasteiger partial charge on any atom is 0.261 e. The molecule has 3 heterocycles. The summed E-state index contributed by atoms with van der Waals surface area (Å²) in [6.45, 7) is 3.65. The van der Waals surface area contributed by atoms with Gasteiger partial charge in [0.05, 0.1) is 28.5 Å². The Kier molecular flexibility index (Phi) is 5.61. The molecule has 5 nitrogen and oxygen atoms in total. The number of aromatic nitrogens is 1. The Morgan fingerprint density at radius 2 is 2.22 bits per heavy atom. The van der Waals surface area contributed by atoms with Crippen molar-refractivity contribution in [2.45, 2.75) is 6.04 Å². The summed E-state index contributed by atoms with van der Waals surface area (Å²) in [4.78, 5) is 19.4. The van der Waals surface area contributed by atoms with Gasteiger partial charge in [0, 0.05) is 32.0 Å². The standard InChI is InChI=1S/C16H18ClN3O2S/c17-15-4-3-14(23-15)16(21)19-11-13(12-2-1-5-18-10-12)20-6-8-22-9-7-20/h1-5,10,13H,6-9,11H2,(H,19,21)/t13-/m1/s1. The molecule has 7 heteroatoms. The molecule has 0 spiro atoms. The van der Waals surface area contributed by atoms with Crippen LogP contribution in [0.5, 0.6) is 0 Å². The fraction of sp³-hybridized carbons (Fsp3) is 0.375. The molecule has 2 aromatic rings. The third kappa shape index (κ3) is 4.29. The Labute approximate surface area is 144 Å². The molecule has 2 aromatic heterocycles. The van der Waals surface area contributed by atoms with Crippen LogP contribution in [0.2, 0.25) is 4.34 Å². The molecule has 1 N–H and O–H groups in total. The van der Waals surface area contributed by atoms with Crippen molar-refractivity contribution in [2.75, 3.05) is 32.8 Å². The van der Waals surface area contributed by atoms with Crippen LogP contribution in [0.4, 0.5) is 0 Å². The number of nitrogens with zero attached hydrogens (tertiary/aromatic N) is 2. The lowest BCUT2D eigenvalue weighted by atomic mass is 10.1. The SMILES string of the molecule is O=C(NC[C@H](c1cccnc1)N1CCOCC1)c1ccc(Cl)s1. The molecular formula is C16H18ClN3O2S. The summed E-state index contributed by atoms with van der Waals surface area (Å²) in [7, 11) is 0. The summed E-state index contributed by atoms with van der Waals surface area (Å²) in [6.07, 6.45) is 3.61. The van der Waals surface area contributed by atoms with E-state index in [-0.39, 0.29) is 11.9 Å². The van der Waals surface area contributed by atoms with Gasteiger partial charge in [-0.2, -0.15) is 0 Å². The summed E-state index contributed by atoms with van der Waals surface area (Å²) < 4.78 is 6.04. The largest absolute Gasteiger partial charge is 0.379 e. The zero-order valence-electron chi connectivity index (χ0n) is 12.6. The summed E-state index contributed by atoms with van der Waals surface area (Å²) in [6, 6.07) is 7.54. The van der Waals surface area contributed by atoms with Gasteiger partial charge < -0.3 is 10.1 Å². The Bertz CT molecular complexity index is 644. The van der Waals surface area contributed by atoms with E-state index in [1.54, 1.807) is 18.3 Å². The van der Waals surface area contributed by atoms with Crippen molar-refractivity contribution in [1.29, 1.82) is 0 Å². The molecular weight excluding hydrogens is 334 g/mol. The van der Waals surface area contributed by atoms with Crippen molar-refractivity contribution < 1.29 is 9.53 Å². The number of carbonyl (C=O) groups is 1. The first-order chi connectivity index (χ1) is 11.2. The maximum absolute atomic E-state index is 12.3. The number of amides is 1. The molecule has 1 amide bonds. The molecule has 122 valence electrons. The summed E-state index contributed by atoms with van der Waals surface area (Å²) in [5, 5.41) is 3.01. The van der Waals surface area contributed by atoms with Crippen LogP contribution in [0.3, 0.4) is 0 Å². The van der Waals surface area contributed by atoms with Crippen molar-refractivity contribution in [3.63, 3.8) is 0 Å². The minimum absolute atomic E-state index is 0.0898. The van der Waals surface area contributed by atoms with Crippen molar-refractivity contribution in [3.8, 4) is 0 Å². The zero-order chi connectivity index (χ0) is 16.1. The number of halogens is 1. The van der Waals surface area contributed by atoms with Gasteiger partial charge in [-0.3, -0.25) is 14.7 Å². The Morgan fingerprint density at radius 1 is 1.39 bits per heavy atom. The molecule has 1 atom stereocenters. The highest BCUT2D eigenvalue weighted by atomic mass is 35.5. The lowest BCUT2D eigenvalue weighted by molar-refractivity contribution is 0.0161. The van der Waals surface area contributed by atoms with E-state index in [9.17, 15) is 4.79 Å². The number of hydrogen-bond acceptors (Lipinski definition) is 5. The normalized spacial score (nSPS) is 16.9. The van der Waals surface area contributed by atoms with Gasteiger partial charge in [-0.15, -0.1) is 11.3 Å². The van der Waals surface area contributed by atoms with E-state index in [1.807, 2.05) is 18.3 Å². The maximum atomic E-state index is 12.3. The highest BCUT2D eigenvalue weighted by molar-refractivity contribution is 7.17. The highest BCUT2D eigenvalue weighted by Gasteiger charge is 2.23. The van der Waals surface area contributed by atoms with Crippen LogP contribution in [0.15, 0.2) is 36.7 Å². The van der Waals surface area contributed by atoms with Crippen LogP contribution in [-0.2, 0) is 4.74 Å². The second-order valence-corrected chi connectivity index (χ2v) is 6.98. The van der Waals surface area contributed by atoms with Crippen molar-refractivity contribution in [1.82, 2.24) is 15.2 Å². The second kappa shape index (κ2) is 7.88. The number of rotatable bonds is 5. The van der Waals surface area contributed by atoms with Gasteiger partial charge in [0.15, 0.2) is 0 Å². The third-order valence-corrected chi connectivity index (χ3v) is 5.04. The van der Waals surface area contributed by atoms with Gasteiger partial charge in [-0.25, -0.2) is 0 Å². The van der Waals surface area contributed by atoms with Gasteiger partial charge in [-0.1, -0.05) is 17.7 Å². The minimum Gasteiger partial charge on any atom is -0.379 e. The first-order valence-corrected chi connectivity index (χ1v) is 8.69. The Hall–Kier alpha value is -1.47. The Morgan fingerprint density at radius 3 is 2.87 bits per heavy atom. The van der Waals surface area contributed by atoms with E-state index in [2.05, 4.69) is 15.2 Å². The number of ether oxygens (including phenoxy) is 1. The lowest BCUT2D eigenvalue weighted by Gasteiger charge is -2.34. The van der Waals surface area contributed by atoms with Crippen molar-refractivity contribution >= 4 is 28.8 Å². The van der Waals surface area contributed by atoms with Crippen LogP contribution in [-0.4, -0.2) is 48.6 Å². The van der Waals surface area contributed by atoms with E-state index in [4.69, 9.17) is 16.3 Å². The number of thiophene rings is 1. The summed E-state index contributed by atoms with van der Waals surface area (Å²) in [5.74, 6) is -0.0935. The van der Waals surface area contributed by atoms with Gasteiger partial charge in [0.1, 0.15) is 0 Å². The van der Waals surface area contributed by atoms with E-state index in [0.29, 0.717) is 29.0 Å². The van der Waals surface area contributed by atoms with Gasteiger partial charge in [0.25, 0.3) is 5.91 Å². The predicted octanol–water partition coefficient (Wildman–Crippen LogP) is 2.60. The highest BCUT2D eigenvalue weighted by Crippen LogP contribution is 2.23. The summed E-state index contributed by atoms with van der Waals surface area (Å²) in [5.41, 5.74) is 1.10. The van der Waals surface area contributed by atoms with E-state index in [1.165, 1.54) is 11.3 Å². The average Bonchev–Trinajstić information content (AvgIpc) is 3.03. The second-order valence-electron chi connectivity index (χ2n) is 5.26. The fourth-order valence-electron chi connectivity index (χ4n) is 2.63. The zero-order valence-corrected chi connectivity index (χ0v) is 14.1. The van der Waals surface area contributed by atoms with Crippen LogP contribution >= 0.6 is 22.9 Å². The molecule has 0 saturated carbocycles. The first-order valence-electron chi connectivity index (χ1n) is 7.49. The molecule has 0 radical (unpaired) electrons. The Balaban J connectivity index is 1.69. The smallest absolute Gasteiger partial charge is 0.261 e. The van der Waals surface area contributed by atoms with Gasteiger partial charge in [-0.05, 0) is 23.8 Å². The quantitative estimate of drug-likeness (QED) is 0.899. The number of nitrogens with one attached hydrogen (secondary N) is 1. The van der Waals surface area contributed by atoms with E-state index < -0.39 is 0 Å². The van der Waals surface area contributed by atoms with Crippen LogP contribution in [0.25, 0.3) is 0 Å². The van der Waals surface area contributed by atoms with E-state index in [0.717, 1.165) is 18.7 Å². The van der Waals surface area contributed by atoms with Crippen LogP contribution in [0.1, 0.15) is 21.3 Å². The molecule has 0 aromatic carbocycles. The lowest BCUT2D eigenvalue weighted by Crippen LogP contribution is -2.43. The molecule has 0 unspecified atom stereocenters. The first kappa shape index (κ1) is 16.4. The number of pyridine rings is 1. The van der Waals surface area contributed by atoms with Gasteiger partial charge in [0.2, 0.25) is 0 Å². The van der Waals surface area contributed by atoms with Crippen LogP contribution < -0.4 is 5.32 Å². The molecule has 0 bridgehead atoms. The number of carbonyl (C=O) groups excluding carboxylic acids is 1. The van der Waals surface area contributed by atoms with Crippen LogP contribution in [0, 0.1) is 0 Å². The topological polar surface area (TPSA) is 54.5 Å². The molecule has 1 aliphatic rings. The van der Waals surface area contributed by atoms with Gasteiger partial charge >= 0.3 is 0 Å². The molecule has 1 aliphatic heterocycles. The average molecular weight is 352 g/mol. The third-order valence-electron chi connectivity index (χ3n) is 3.81. The molecule has 23 heavy (non-hydrogen) atoms. The van der Waals surface area contributed by atoms with Crippen molar-refractivity contribution in [2.24, 2.45) is 0 Å². The summed E-state index contributed by atoms with van der Waals surface area (Å²) >= 11 is 7.18. The monoisotopic (exact) mass is 351 g/mol. The molecule has 1 saturated heterocycles. The van der Waals surface area contributed by atoms with E-state index >= 15 is 0 Å². The molecule has 0 aliphatic carbocycles. The predicted molar refractivity (Wildman–Crippen MR) is 91.0 cm³/mol. The minimum atomic E-state index is -0.0935. The van der Waals surface area contributed by atoms with Crippen molar-refractivity contribution in [3.05, 3.63) is 51.4 Å². The molecule has 1 fully saturated rings. The number of morpholine rings is 1. The number of hydrogen-bond donors (Lipinski definition) is 1.